The Kier molecular flexibility index (Phi) is 8.49. The summed E-state index contributed by atoms with van der Waals surface area (Å²) in [6, 6.07) is 4.96. The lowest BCUT2D eigenvalue weighted by Crippen LogP contribution is -2.32. The second-order valence-electron chi connectivity index (χ2n) is 4.38. The average Bonchev–Trinajstić information content (AvgIpc) is 2.39. The first-order valence-corrected chi connectivity index (χ1v) is 8.74. The first-order chi connectivity index (χ1) is 9.49. The van der Waals surface area contributed by atoms with E-state index in [1.807, 2.05) is 0 Å². The molecule has 0 aliphatic heterocycles. The van der Waals surface area contributed by atoms with Crippen LogP contribution in [0.15, 0.2) is 18.2 Å². The molecule has 114 valence electrons. The SMILES string of the molecule is CS(=O)CCCNCC(O)COc1ccc(Cl)c(Cl)c1. The van der Waals surface area contributed by atoms with E-state index in [2.05, 4.69) is 5.32 Å². The van der Waals surface area contributed by atoms with Crippen molar-refractivity contribution in [1.82, 2.24) is 5.32 Å². The Balaban J connectivity index is 2.17. The summed E-state index contributed by atoms with van der Waals surface area (Å²) in [7, 11) is -0.763. The summed E-state index contributed by atoms with van der Waals surface area (Å²) in [6.07, 6.45) is 1.89. The molecule has 2 atom stereocenters. The van der Waals surface area contributed by atoms with Gasteiger partial charge in [-0.3, -0.25) is 4.21 Å². The zero-order valence-electron chi connectivity index (χ0n) is 11.3. The molecule has 0 fully saturated rings. The molecule has 1 rings (SSSR count). The molecule has 1 aromatic rings. The average molecular weight is 340 g/mol. The van der Waals surface area contributed by atoms with E-state index < -0.39 is 16.9 Å². The van der Waals surface area contributed by atoms with Gasteiger partial charge in [0.05, 0.1) is 10.0 Å². The van der Waals surface area contributed by atoms with Gasteiger partial charge in [-0.15, -0.1) is 0 Å². The van der Waals surface area contributed by atoms with Crippen LogP contribution in [0.2, 0.25) is 10.0 Å². The van der Waals surface area contributed by atoms with Crippen LogP contribution in [0.1, 0.15) is 6.42 Å². The molecule has 0 aliphatic rings. The monoisotopic (exact) mass is 339 g/mol. The topological polar surface area (TPSA) is 58.6 Å². The lowest BCUT2D eigenvalue weighted by atomic mass is 10.3. The Morgan fingerprint density at radius 3 is 2.80 bits per heavy atom. The number of aliphatic hydroxyl groups is 1. The van der Waals surface area contributed by atoms with E-state index in [0.717, 1.165) is 13.0 Å². The number of ether oxygens (including phenoxy) is 1. The van der Waals surface area contributed by atoms with E-state index in [1.54, 1.807) is 24.5 Å². The van der Waals surface area contributed by atoms with Crippen molar-refractivity contribution in [2.75, 3.05) is 31.7 Å². The van der Waals surface area contributed by atoms with Crippen LogP contribution in [0.25, 0.3) is 0 Å². The van der Waals surface area contributed by atoms with Crippen LogP contribution in [0, 0.1) is 0 Å². The second kappa shape index (κ2) is 9.58. The third kappa shape index (κ3) is 7.45. The fraction of sp³-hybridized carbons (Fsp3) is 0.538. The number of hydrogen-bond acceptors (Lipinski definition) is 4. The maximum absolute atomic E-state index is 10.8. The summed E-state index contributed by atoms with van der Waals surface area (Å²) < 4.78 is 16.3. The van der Waals surface area contributed by atoms with Gasteiger partial charge in [0, 0.05) is 35.4 Å². The molecule has 0 amide bonds. The minimum Gasteiger partial charge on any atom is -0.491 e. The van der Waals surface area contributed by atoms with Gasteiger partial charge in [0.1, 0.15) is 18.5 Å². The van der Waals surface area contributed by atoms with Crippen LogP contribution in [0.4, 0.5) is 0 Å². The predicted octanol–water partition coefficient (Wildman–Crippen LogP) is 2.09. The van der Waals surface area contributed by atoms with Crippen molar-refractivity contribution < 1.29 is 14.1 Å². The zero-order chi connectivity index (χ0) is 15.0. The zero-order valence-corrected chi connectivity index (χ0v) is 13.6. The maximum Gasteiger partial charge on any atom is 0.121 e. The molecule has 1 aromatic carbocycles. The molecule has 4 nitrogen and oxygen atoms in total. The van der Waals surface area contributed by atoms with Gasteiger partial charge in [0.15, 0.2) is 0 Å². The standard InChI is InChI=1S/C13H19Cl2NO3S/c1-20(18)6-2-5-16-8-10(17)9-19-11-3-4-12(14)13(15)7-11/h3-4,7,10,16-17H,2,5-6,8-9H2,1H3. The van der Waals surface area contributed by atoms with E-state index in [1.165, 1.54) is 0 Å². The van der Waals surface area contributed by atoms with Crippen molar-refractivity contribution in [2.24, 2.45) is 0 Å². The summed E-state index contributed by atoms with van der Waals surface area (Å²) in [5.41, 5.74) is 0. The van der Waals surface area contributed by atoms with Crippen molar-refractivity contribution in [3.63, 3.8) is 0 Å². The van der Waals surface area contributed by atoms with Gasteiger partial charge in [-0.05, 0) is 25.1 Å². The molecule has 0 radical (unpaired) electrons. The summed E-state index contributed by atoms with van der Waals surface area (Å²) in [6.45, 7) is 1.33. The molecule has 0 heterocycles. The van der Waals surface area contributed by atoms with Crippen LogP contribution in [-0.4, -0.2) is 47.1 Å². The van der Waals surface area contributed by atoms with Gasteiger partial charge in [-0.25, -0.2) is 0 Å². The van der Waals surface area contributed by atoms with E-state index in [4.69, 9.17) is 27.9 Å². The molecule has 0 saturated carbocycles. The van der Waals surface area contributed by atoms with E-state index in [-0.39, 0.29) is 6.61 Å². The van der Waals surface area contributed by atoms with Crippen molar-refractivity contribution in [3.8, 4) is 5.75 Å². The van der Waals surface area contributed by atoms with E-state index >= 15 is 0 Å². The quantitative estimate of drug-likeness (QED) is 0.676. The van der Waals surface area contributed by atoms with E-state index in [0.29, 0.717) is 28.1 Å². The van der Waals surface area contributed by atoms with Crippen molar-refractivity contribution >= 4 is 34.0 Å². The van der Waals surface area contributed by atoms with E-state index in [9.17, 15) is 9.32 Å². The van der Waals surface area contributed by atoms with Crippen molar-refractivity contribution in [2.45, 2.75) is 12.5 Å². The van der Waals surface area contributed by atoms with Crippen molar-refractivity contribution in [3.05, 3.63) is 28.2 Å². The maximum atomic E-state index is 10.8. The van der Waals surface area contributed by atoms with Gasteiger partial charge in [0.25, 0.3) is 0 Å². The number of hydrogen-bond donors (Lipinski definition) is 2. The molecule has 0 saturated heterocycles. The summed E-state index contributed by atoms with van der Waals surface area (Å²) in [5.74, 6) is 1.24. The molecule has 2 unspecified atom stereocenters. The van der Waals surface area contributed by atoms with Gasteiger partial charge >= 0.3 is 0 Å². The molecule has 0 spiro atoms. The third-order valence-electron chi connectivity index (χ3n) is 2.50. The highest BCUT2D eigenvalue weighted by atomic mass is 35.5. The van der Waals surface area contributed by atoms with Crippen LogP contribution in [0.3, 0.4) is 0 Å². The highest BCUT2D eigenvalue weighted by molar-refractivity contribution is 7.84. The Morgan fingerprint density at radius 1 is 1.40 bits per heavy atom. The number of rotatable bonds is 9. The minimum absolute atomic E-state index is 0.171. The highest BCUT2D eigenvalue weighted by Crippen LogP contribution is 2.26. The Hall–Kier alpha value is -0.330. The summed E-state index contributed by atoms with van der Waals surface area (Å²) in [4.78, 5) is 0. The van der Waals surface area contributed by atoms with Crippen LogP contribution >= 0.6 is 23.2 Å². The fourth-order valence-electron chi connectivity index (χ4n) is 1.49. The molecule has 0 aromatic heterocycles. The van der Waals surface area contributed by atoms with Gasteiger partial charge in [-0.1, -0.05) is 23.2 Å². The summed E-state index contributed by atoms with van der Waals surface area (Å²) in [5, 5.41) is 13.7. The lowest BCUT2D eigenvalue weighted by Gasteiger charge is -2.13. The Labute approximate surface area is 131 Å². The van der Waals surface area contributed by atoms with Crippen molar-refractivity contribution in [1.29, 1.82) is 0 Å². The second-order valence-corrected chi connectivity index (χ2v) is 6.74. The summed E-state index contributed by atoms with van der Waals surface area (Å²) >= 11 is 11.7. The molecular weight excluding hydrogens is 321 g/mol. The van der Waals surface area contributed by atoms with Gasteiger partial charge in [-0.2, -0.15) is 0 Å². The molecular formula is C13H19Cl2NO3S. The first kappa shape index (κ1) is 17.7. The van der Waals surface area contributed by atoms with Gasteiger partial charge in [0.2, 0.25) is 0 Å². The molecule has 2 N–H and O–H groups in total. The molecule has 7 heteroatoms. The number of benzene rings is 1. The Morgan fingerprint density at radius 2 is 2.15 bits per heavy atom. The normalized spacial score (nSPS) is 14.0. The number of nitrogens with one attached hydrogen (secondary N) is 1. The third-order valence-corrected chi connectivity index (χ3v) is 4.10. The highest BCUT2D eigenvalue weighted by Gasteiger charge is 2.06. The number of halogens is 2. The van der Waals surface area contributed by atoms with Crippen LogP contribution < -0.4 is 10.1 Å². The van der Waals surface area contributed by atoms with Crippen LogP contribution in [0.5, 0.6) is 5.75 Å². The molecule has 0 aliphatic carbocycles. The smallest absolute Gasteiger partial charge is 0.121 e. The first-order valence-electron chi connectivity index (χ1n) is 6.25. The lowest BCUT2D eigenvalue weighted by molar-refractivity contribution is 0.106. The Bertz CT molecular complexity index is 446. The molecule has 20 heavy (non-hydrogen) atoms. The van der Waals surface area contributed by atoms with Crippen LogP contribution in [-0.2, 0) is 10.8 Å². The fourth-order valence-corrected chi connectivity index (χ4v) is 2.33. The molecule has 0 bridgehead atoms. The largest absolute Gasteiger partial charge is 0.491 e. The predicted molar refractivity (Wildman–Crippen MR) is 84.4 cm³/mol. The minimum atomic E-state index is -0.763. The number of aliphatic hydroxyl groups excluding tert-OH is 1. The van der Waals surface area contributed by atoms with Gasteiger partial charge < -0.3 is 15.2 Å².